The van der Waals surface area contributed by atoms with Crippen molar-refractivity contribution >= 4 is 5.91 Å². The van der Waals surface area contributed by atoms with Gasteiger partial charge in [0.2, 0.25) is 5.82 Å². The summed E-state index contributed by atoms with van der Waals surface area (Å²) in [5.41, 5.74) is 0.638. The smallest absolute Gasteiger partial charge is 0.291 e. The van der Waals surface area contributed by atoms with Crippen LogP contribution in [0.3, 0.4) is 0 Å². The van der Waals surface area contributed by atoms with E-state index in [9.17, 15) is 9.90 Å². The molecule has 0 saturated heterocycles. The number of carbonyl (C=O) groups excluding carboxylic acids is 1. The number of nitrogens with one attached hydrogen (secondary N) is 1. The first-order valence-electron chi connectivity index (χ1n) is 9.04. The van der Waals surface area contributed by atoms with Crippen LogP contribution in [-0.4, -0.2) is 38.9 Å². The maximum atomic E-state index is 12.5. The zero-order valence-electron chi connectivity index (χ0n) is 14.9. The molecule has 1 aromatic carbocycles. The minimum Gasteiger partial charge on any atom is -0.396 e. The van der Waals surface area contributed by atoms with Crippen molar-refractivity contribution in [3.8, 4) is 5.69 Å². The molecule has 2 aromatic rings. The third-order valence-corrected chi connectivity index (χ3v) is 5.24. The molecule has 6 nitrogen and oxygen atoms in total. The van der Waals surface area contributed by atoms with Crippen molar-refractivity contribution in [2.45, 2.75) is 45.4 Å². The highest BCUT2D eigenvalue weighted by atomic mass is 16.3. The Morgan fingerprint density at radius 2 is 1.96 bits per heavy atom. The van der Waals surface area contributed by atoms with Crippen molar-refractivity contribution in [3.63, 3.8) is 0 Å². The minimum absolute atomic E-state index is 0.0550. The molecule has 0 aliphatic heterocycles. The largest absolute Gasteiger partial charge is 0.396 e. The summed E-state index contributed by atoms with van der Waals surface area (Å²) in [6.45, 7) is 4.53. The van der Waals surface area contributed by atoms with E-state index in [4.69, 9.17) is 0 Å². The minimum atomic E-state index is -0.281. The molecular formula is C19H26N4O2. The van der Waals surface area contributed by atoms with Crippen molar-refractivity contribution in [1.82, 2.24) is 20.1 Å². The predicted molar refractivity (Wildman–Crippen MR) is 95.8 cm³/mol. The van der Waals surface area contributed by atoms with E-state index >= 15 is 0 Å². The number of aliphatic hydroxyl groups excluding tert-OH is 1. The van der Waals surface area contributed by atoms with E-state index in [1.165, 1.54) is 0 Å². The monoisotopic (exact) mass is 342 g/mol. The molecule has 1 aliphatic carbocycles. The van der Waals surface area contributed by atoms with Crippen LogP contribution in [0.15, 0.2) is 30.3 Å². The van der Waals surface area contributed by atoms with Gasteiger partial charge in [-0.15, -0.1) is 5.10 Å². The van der Waals surface area contributed by atoms with Crippen LogP contribution in [-0.2, 0) is 0 Å². The van der Waals surface area contributed by atoms with E-state index in [2.05, 4.69) is 15.4 Å². The Bertz CT molecular complexity index is 710. The number of amides is 1. The lowest BCUT2D eigenvalue weighted by atomic mass is 9.83. The van der Waals surface area contributed by atoms with E-state index in [-0.39, 0.29) is 23.8 Å². The average molecular weight is 342 g/mol. The summed E-state index contributed by atoms with van der Waals surface area (Å²) in [6, 6.07) is 9.78. The number of nitrogens with zero attached hydrogens (tertiary/aromatic N) is 3. The summed E-state index contributed by atoms with van der Waals surface area (Å²) in [5, 5.41) is 17.0. The lowest BCUT2D eigenvalue weighted by molar-refractivity contribution is 0.0842. The Kier molecular flexibility index (Phi) is 5.18. The first kappa shape index (κ1) is 17.6. The standard InChI is InChI=1S/C19H26N4O2/c1-3-19(4-2,13-24)12-20-18(25)16-21-17(14-10-11-14)23(22-16)15-8-6-5-7-9-15/h5-9,14,24H,3-4,10-13H2,1-2H3,(H,20,25). The van der Waals surface area contributed by atoms with E-state index in [1.807, 2.05) is 44.2 Å². The summed E-state index contributed by atoms with van der Waals surface area (Å²) < 4.78 is 1.78. The van der Waals surface area contributed by atoms with Gasteiger partial charge in [-0.05, 0) is 37.8 Å². The van der Waals surface area contributed by atoms with Crippen LogP contribution in [0.1, 0.15) is 61.9 Å². The first-order chi connectivity index (χ1) is 12.1. The lowest BCUT2D eigenvalue weighted by Gasteiger charge is -2.29. The Hall–Kier alpha value is -2.21. The summed E-state index contributed by atoms with van der Waals surface area (Å²) in [7, 11) is 0. The molecule has 0 spiro atoms. The van der Waals surface area contributed by atoms with Gasteiger partial charge in [0.15, 0.2) is 0 Å². The molecule has 1 aromatic heterocycles. The van der Waals surface area contributed by atoms with Gasteiger partial charge in [0.25, 0.3) is 5.91 Å². The van der Waals surface area contributed by atoms with Crippen LogP contribution in [0.4, 0.5) is 0 Å². The second-order valence-electron chi connectivity index (χ2n) is 6.86. The van der Waals surface area contributed by atoms with Crippen LogP contribution in [0.2, 0.25) is 0 Å². The van der Waals surface area contributed by atoms with Crippen molar-refractivity contribution in [3.05, 3.63) is 42.0 Å². The summed E-state index contributed by atoms with van der Waals surface area (Å²) >= 11 is 0. The Labute approximate surface area is 148 Å². The molecular weight excluding hydrogens is 316 g/mol. The highest BCUT2D eigenvalue weighted by Gasteiger charge is 2.32. The van der Waals surface area contributed by atoms with Crippen molar-refractivity contribution in [1.29, 1.82) is 0 Å². The van der Waals surface area contributed by atoms with Gasteiger partial charge in [0, 0.05) is 17.9 Å². The van der Waals surface area contributed by atoms with Crippen LogP contribution in [0.5, 0.6) is 0 Å². The molecule has 0 atom stereocenters. The highest BCUT2D eigenvalue weighted by molar-refractivity contribution is 5.90. The maximum absolute atomic E-state index is 12.5. The average Bonchev–Trinajstić information content (AvgIpc) is 3.42. The van der Waals surface area contributed by atoms with Crippen LogP contribution in [0, 0.1) is 5.41 Å². The van der Waals surface area contributed by atoms with Gasteiger partial charge in [-0.3, -0.25) is 4.79 Å². The van der Waals surface area contributed by atoms with E-state index in [1.54, 1.807) is 4.68 Å². The van der Waals surface area contributed by atoms with Gasteiger partial charge >= 0.3 is 0 Å². The zero-order chi connectivity index (χ0) is 17.9. The number of carbonyl (C=O) groups is 1. The van der Waals surface area contributed by atoms with Crippen molar-refractivity contribution in [2.75, 3.05) is 13.2 Å². The Morgan fingerprint density at radius 3 is 2.52 bits per heavy atom. The number of hydrogen-bond donors (Lipinski definition) is 2. The number of aliphatic hydroxyl groups is 1. The highest BCUT2D eigenvalue weighted by Crippen LogP contribution is 2.39. The Morgan fingerprint density at radius 1 is 1.28 bits per heavy atom. The number of aromatic nitrogens is 3. The molecule has 25 heavy (non-hydrogen) atoms. The van der Waals surface area contributed by atoms with Crippen LogP contribution < -0.4 is 5.32 Å². The first-order valence-corrected chi connectivity index (χ1v) is 9.04. The number of rotatable bonds is 8. The molecule has 1 saturated carbocycles. The normalized spacial score (nSPS) is 14.5. The molecule has 1 aliphatic rings. The molecule has 0 radical (unpaired) electrons. The summed E-state index contributed by atoms with van der Waals surface area (Å²) in [6.07, 6.45) is 3.79. The molecule has 1 fully saturated rings. The quantitative estimate of drug-likeness (QED) is 0.773. The van der Waals surface area contributed by atoms with Gasteiger partial charge in [0.05, 0.1) is 12.3 Å². The lowest BCUT2D eigenvalue weighted by Crippen LogP contribution is -2.39. The summed E-state index contributed by atoms with van der Waals surface area (Å²) in [5.74, 6) is 1.16. The van der Waals surface area contributed by atoms with Gasteiger partial charge in [-0.2, -0.15) is 0 Å². The Balaban J connectivity index is 1.80. The molecule has 1 heterocycles. The second kappa shape index (κ2) is 7.35. The van der Waals surface area contributed by atoms with E-state index in [0.29, 0.717) is 12.5 Å². The van der Waals surface area contributed by atoms with E-state index < -0.39 is 0 Å². The summed E-state index contributed by atoms with van der Waals surface area (Å²) in [4.78, 5) is 17.1. The SMILES string of the molecule is CCC(CC)(CO)CNC(=O)c1nc(C2CC2)n(-c2ccccc2)n1. The topological polar surface area (TPSA) is 80.0 Å². The van der Waals surface area contributed by atoms with Crippen LogP contribution in [0.25, 0.3) is 5.69 Å². The fraction of sp³-hybridized carbons (Fsp3) is 0.526. The van der Waals surface area contributed by atoms with Gasteiger partial charge in [-0.1, -0.05) is 32.0 Å². The molecule has 0 unspecified atom stereocenters. The van der Waals surface area contributed by atoms with Gasteiger partial charge < -0.3 is 10.4 Å². The third-order valence-electron chi connectivity index (χ3n) is 5.24. The van der Waals surface area contributed by atoms with Gasteiger partial charge in [0.1, 0.15) is 5.82 Å². The molecule has 134 valence electrons. The molecule has 1 amide bonds. The van der Waals surface area contributed by atoms with Crippen LogP contribution >= 0.6 is 0 Å². The number of benzene rings is 1. The number of para-hydroxylation sites is 1. The van der Waals surface area contributed by atoms with Crippen molar-refractivity contribution in [2.24, 2.45) is 5.41 Å². The molecule has 2 N–H and O–H groups in total. The molecule has 6 heteroatoms. The van der Waals surface area contributed by atoms with Gasteiger partial charge in [-0.25, -0.2) is 9.67 Å². The predicted octanol–water partition coefficient (Wildman–Crippen LogP) is 2.67. The van der Waals surface area contributed by atoms with Crippen molar-refractivity contribution < 1.29 is 9.90 Å². The molecule has 3 rings (SSSR count). The molecule has 0 bridgehead atoms. The fourth-order valence-electron chi connectivity index (χ4n) is 2.91. The third kappa shape index (κ3) is 3.74. The second-order valence-corrected chi connectivity index (χ2v) is 6.86. The number of hydrogen-bond acceptors (Lipinski definition) is 4. The maximum Gasteiger partial charge on any atom is 0.291 e. The fourth-order valence-corrected chi connectivity index (χ4v) is 2.91. The van der Waals surface area contributed by atoms with E-state index in [0.717, 1.165) is 37.2 Å². The zero-order valence-corrected chi connectivity index (χ0v) is 14.9.